The molecular weight excluding hydrogens is 214 g/mol. The van der Waals surface area contributed by atoms with Crippen LogP contribution in [-0.4, -0.2) is 12.1 Å². The number of carbonyl (C=O) groups is 1. The van der Waals surface area contributed by atoms with Crippen LogP contribution in [0.25, 0.3) is 0 Å². The third kappa shape index (κ3) is 2.08. The van der Waals surface area contributed by atoms with Gasteiger partial charge in [0.2, 0.25) is 6.29 Å². The van der Waals surface area contributed by atoms with E-state index in [9.17, 15) is 9.59 Å². The Morgan fingerprint density at radius 1 is 1.00 bits per heavy atom. The van der Waals surface area contributed by atoms with E-state index in [2.05, 4.69) is 0 Å². The number of anilines is 1. The molecule has 2 aromatic rings. The lowest BCUT2D eigenvalue weighted by Crippen LogP contribution is -2.08. The topological polar surface area (TPSA) is 60.2 Å². The minimum atomic E-state index is -0.262. The van der Waals surface area contributed by atoms with Crippen LogP contribution in [0.15, 0.2) is 48.5 Å². The van der Waals surface area contributed by atoms with Crippen molar-refractivity contribution < 1.29 is 9.59 Å². The molecule has 0 bridgehead atoms. The van der Waals surface area contributed by atoms with Gasteiger partial charge in [0.1, 0.15) is 0 Å². The van der Waals surface area contributed by atoms with E-state index >= 15 is 0 Å². The Hall–Kier alpha value is -2.42. The SMILES string of the molecule is Nc1cccc([C]=O)c1C(=O)c1ccccc1. The van der Waals surface area contributed by atoms with E-state index in [-0.39, 0.29) is 16.9 Å². The Morgan fingerprint density at radius 3 is 2.35 bits per heavy atom. The van der Waals surface area contributed by atoms with Gasteiger partial charge >= 0.3 is 0 Å². The number of hydrogen-bond donors (Lipinski definition) is 1. The number of nitrogen functional groups attached to an aromatic ring is 1. The van der Waals surface area contributed by atoms with Crippen LogP contribution >= 0.6 is 0 Å². The van der Waals surface area contributed by atoms with Crippen LogP contribution in [0.1, 0.15) is 21.5 Å². The normalized spacial score (nSPS) is 9.88. The summed E-state index contributed by atoms with van der Waals surface area (Å²) < 4.78 is 0. The van der Waals surface area contributed by atoms with Gasteiger partial charge in [-0.15, -0.1) is 0 Å². The second-order valence-corrected chi connectivity index (χ2v) is 3.57. The molecule has 0 fully saturated rings. The molecule has 0 aliphatic heterocycles. The van der Waals surface area contributed by atoms with E-state index in [4.69, 9.17) is 5.73 Å². The summed E-state index contributed by atoms with van der Waals surface area (Å²) in [5.74, 6) is -0.262. The lowest BCUT2D eigenvalue weighted by molar-refractivity contribution is 0.103. The second kappa shape index (κ2) is 4.61. The maximum absolute atomic E-state index is 12.2. The molecule has 17 heavy (non-hydrogen) atoms. The molecule has 0 aromatic heterocycles. The number of nitrogens with two attached hydrogens (primary N) is 1. The van der Waals surface area contributed by atoms with E-state index < -0.39 is 0 Å². The van der Waals surface area contributed by atoms with Crippen molar-refractivity contribution in [3.05, 3.63) is 65.2 Å². The van der Waals surface area contributed by atoms with Gasteiger partial charge in [-0.1, -0.05) is 42.5 Å². The van der Waals surface area contributed by atoms with Crippen molar-refractivity contribution in [1.82, 2.24) is 0 Å². The van der Waals surface area contributed by atoms with Crippen LogP contribution in [0.5, 0.6) is 0 Å². The van der Waals surface area contributed by atoms with Gasteiger partial charge in [-0.05, 0) is 6.07 Å². The van der Waals surface area contributed by atoms with Crippen molar-refractivity contribution in [1.29, 1.82) is 0 Å². The van der Waals surface area contributed by atoms with Crippen LogP contribution in [0, 0.1) is 0 Å². The van der Waals surface area contributed by atoms with Gasteiger partial charge in [-0.2, -0.15) is 0 Å². The highest BCUT2D eigenvalue weighted by Gasteiger charge is 2.16. The molecule has 2 N–H and O–H groups in total. The molecule has 1 radical (unpaired) electrons. The first-order valence-electron chi connectivity index (χ1n) is 5.10. The van der Waals surface area contributed by atoms with Crippen LogP contribution in [0.3, 0.4) is 0 Å². The van der Waals surface area contributed by atoms with Crippen molar-refractivity contribution in [2.24, 2.45) is 0 Å². The summed E-state index contributed by atoms with van der Waals surface area (Å²) in [7, 11) is 0. The fourth-order valence-electron chi connectivity index (χ4n) is 1.64. The summed E-state index contributed by atoms with van der Waals surface area (Å²) in [4.78, 5) is 23.0. The molecule has 0 aliphatic carbocycles. The van der Waals surface area contributed by atoms with E-state index in [0.29, 0.717) is 11.3 Å². The molecule has 2 rings (SSSR count). The molecule has 0 saturated heterocycles. The van der Waals surface area contributed by atoms with Crippen LogP contribution in [0.2, 0.25) is 0 Å². The molecule has 83 valence electrons. The number of carbonyl (C=O) groups excluding carboxylic acids is 2. The monoisotopic (exact) mass is 224 g/mol. The zero-order chi connectivity index (χ0) is 12.3. The highest BCUT2D eigenvalue weighted by atomic mass is 16.1. The molecule has 0 saturated carbocycles. The summed E-state index contributed by atoms with van der Waals surface area (Å²) in [6, 6.07) is 13.5. The average molecular weight is 224 g/mol. The largest absolute Gasteiger partial charge is 0.398 e. The van der Waals surface area contributed by atoms with Crippen molar-refractivity contribution >= 4 is 17.8 Å². The smallest absolute Gasteiger partial charge is 0.234 e. The van der Waals surface area contributed by atoms with Gasteiger partial charge in [-0.25, -0.2) is 0 Å². The second-order valence-electron chi connectivity index (χ2n) is 3.57. The molecule has 0 unspecified atom stereocenters. The molecule has 3 heteroatoms. The van der Waals surface area contributed by atoms with Gasteiger partial charge in [0.15, 0.2) is 5.78 Å². The van der Waals surface area contributed by atoms with Crippen molar-refractivity contribution in [2.75, 3.05) is 5.73 Å². The van der Waals surface area contributed by atoms with Crippen molar-refractivity contribution in [3.8, 4) is 0 Å². The van der Waals surface area contributed by atoms with Crippen LogP contribution < -0.4 is 5.73 Å². The first-order chi connectivity index (χ1) is 8.24. The first-order valence-corrected chi connectivity index (χ1v) is 5.10. The van der Waals surface area contributed by atoms with Crippen molar-refractivity contribution in [2.45, 2.75) is 0 Å². The van der Waals surface area contributed by atoms with Gasteiger partial charge in [0, 0.05) is 16.8 Å². The van der Waals surface area contributed by atoms with Crippen LogP contribution in [0.4, 0.5) is 5.69 Å². The van der Waals surface area contributed by atoms with E-state index in [1.165, 1.54) is 6.07 Å². The Bertz CT molecular complexity index is 562. The fraction of sp³-hybridized carbons (Fsp3) is 0. The minimum absolute atomic E-state index is 0.193. The van der Waals surface area contributed by atoms with E-state index in [1.807, 2.05) is 6.07 Å². The van der Waals surface area contributed by atoms with Crippen LogP contribution in [-0.2, 0) is 4.79 Å². The Balaban J connectivity index is 2.55. The molecular formula is C14H10NO2. The summed E-state index contributed by atoms with van der Waals surface area (Å²) in [6.45, 7) is 0. The zero-order valence-electron chi connectivity index (χ0n) is 9.01. The van der Waals surface area contributed by atoms with Crippen molar-refractivity contribution in [3.63, 3.8) is 0 Å². The molecule has 0 heterocycles. The molecule has 2 aromatic carbocycles. The zero-order valence-corrected chi connectivity index (χ0v) is 9.01. The molecule has 0 amide bonds. The predicted molar refractivity (Wildman–Crippen MR) is 65.5 cm³/mol. The highest BCUT2D eigenvalue weighted by molar-refractivity contribution is 6.15. The Kier molecular flexibility index (Phi) is 3.01. The maximum atomic E-state index is 12.2. The molecule has 0 spiro atoms. The number of hydrogen-bond acceptors (Lipinski definition) is 3. The van der Waals surface area contributed by atoms with Gasteiger partial charge < -0.3 is 5.73 Å². The third-order valence-corrected chi connectivity index (χ3v) is 2.47. The highest BCUT2D eigenvalue weighted by Crippen LogP contribution is 2.19. The third-order valence-electron chi connectivity index (χ3n) is 2.47. The Labute approximate surface area is 98.9 Å². The molecule has 0 atom stereocenters. The lowest BCUT2D eigenvalue weighted by atomic mass is 9.97. The fourth-order valence-corrected chi connectivity index (χ4v) is 1.64. The summed E-state index contributed by atoms with van der Waals surface area (Å²) >= 11 is 0. The standard InChI is InChI=1S/C14H10NO2/c15-12-8-4-7-11(9-16)13(12)14(17)10-5-2-1-3-6-10/h1-8H,15H2. The molecule has 3 nitrogen and oxygen atoms in total. The Morgan fingerprint density at radius 2 is 1.71 bits per heavy atom. The summed E-state index contributed by atoms with van der Waals surface area (Å²) in [5, 5.41) is 0. The molecule has 0 aliphatic rings. The summed E-state index contributed by atoms with van der Waals surface area (Å²) in [5.41, 5.74) is 6.94. The number of rotatable bonds is 3. The summed E-state index contributed by atoms with van der Waals surface area (Å²) in [6.07, 6.45) is 1.74. The van der Waals surface area contributed by atoms with E-state index in [1.54, 1.807) is 42.7 Å². The number of benzene rings is 2. The van der Waals surface area contributed by atoms with Gasteiger partial charge in [0.05, 0.1) is 5.56 Å². The number of ketones is 1. The maximum Gasteiger partial charge on any atom is 0.234 e. The van der Waals surface area contributed by atoms with Gasteiger partial charge in [0.25, 0.3) is 0 Å². The van der Waals surface area contributed by atoms with E-state index in [0.717, 1.165) is 0 Å². The predicted octanol–water partition coefficient (Wildman–Crippen LogP) is 1.96. The first kappa shape index (κ1) is 11.1. The quantitative estimate of drug-likeness (QED) is 0.640. The lowest BCUT2D eigenvalue weighted by Gasteiger charge is -2.06. The minimum Gasteiger partial charge on any atom is -0.398 e. The average Bonchev–Trinajstić information content (AvgIpc) is 2.38. The van der Waals surface area contributed by atoms with Gasteiger partial charge in [-0.3, -0.25) is 9.59 Å².